The highest BCUT2D eigenvalue weighted by atomic mass is 16.6. The Bertz CT molecular complexity index is 1140. The molecule has 0 bridgehead atoms. The second kappa shape index (κ2) is 10.1. The molecule has 0 heterocycles. The summed E-state index contributed by atoms with van der Waals surface area (Å²) in [5, 5.41) is 13.6. The summed E-state index contributed by atoms with van der Waals surface area (Å²) >= 11 is 0. The highest BCUT2D eigenvalue weighted by molar-refractivity contribution is 6.04. The fraction of sp³-hybridized carbons (Fsp3) is 0.125. The number of ether oxygens (including phenoxy) is 1. The van der Waals surface area contributed by atoms with E-state index in [-0.39, 0.29) is 34.8 Å². The van der Waals surface area contributed by atoms with Gasteiger partial charge >= 0.3 is 5.97 Å². The van der Waals surface area contributed by atoms with Crippen molar-refractivity contribution < 1.29 is 24.0 Å². The monoisotopic (exact) mass is 432 g/mol. The molecule has 32 heavy (non-hydrogen) atoms. The number of nitro benzene ring substituents is 1. The molecule has 0 spiro atoms. The van der Waals surface area contributed by atoms with E-state index >= 15 is 0 Å². The molecule has 0 aliphatic heterocycles. The Hall–Kier alpha value is -4.33. The molecule has 0 radical (unpaired) electrons. The normalized spacial score (nSPS) is 11.3. The van der Waals surface area contributed by atoms with Gasteiger partial charge in [-0.25, -0.2) is 4.79 Å². The molecular formula is C24H20N2O6. The third-order valence-electron chi connectivity index (χ3n) is 4.67. The van der Waals surface area contributed by atoms with Crippen LogP contribution >= 0.6 is 0 Å². The van der Waals surface area contributed by atoms with E-state index in [0.29, 0.717) is 5.56 Å². The van der Waals surface area contributed by atoms with E-state index in [9.17, 15) is 24.5 Å². The van der Waals surface area contributed by atoms with Crippen molar-refractivity contribution in [1.82, 2.24) is 0 Å². The average Bonchev–Trinajstić information content (AvgIpc) is 2.82. The molecule has 162 valence electrons. The van der Waals surface area contributed by atoms with Gasteiger partial charge in [-0.05, 0) is 24.3 Å². The molecule has 1 amide bonds. The lowest BCUT2D eigenvalue weighted by Crippen LogP contribution is -2.21. The van der Waals surface area contributed by atoms with Crippen molar-refractivity contribution in [2.45, 2.75) is 19.4 Å². The highest BCUT2D eigenvalue weighted by Crippen LogP contribution is 2.27. The number of anilines is 1. The number of non-ortho nitro benzene ring substituents is 1. The van der Waals surface area contributed by atoms with Gasteiger partial charge in [0.25, 0.3) is 5.69 Å². The van der Waals surface area contributed by atoms with Crippen LogP contribution in [0.25, 0.3) is 0 Å². The third kappa shape index (κ3) is 5.23. The molecule has 0 aliphatic rings. The van der Waals surface area contributed by atoms with Crippen molar-refractivity contribution in [3.8, 4) is 0 Å². The first-order valence-corrected chi connectivity index (χ1v) is 9.84. The van der Waals surface area contributed by atoms with Gasteiger partial charge in [-0.1, -0.05) is 49.4 Å². The van der Waals surface area contributed by atoms with E-state index in [1.165, 1.54) is 30.3 Å². The number of hydrogen-bond donors (Lipinski definition) is 1. The lowest BCUT2D eigenvalue weighted by atomic mass is 9.99. The number of amides is 1. The van der Waals surface area contributed by atoms with E-state index in [2.05, 4.69) is 5.32 Å². The number of nitro groups is 1. The van der Waals surface area contributed by atoms with E-state index in [4.69, 9.17) is 4.74 Å². The van der Waals surface area contributed by atoms with Crippen LogP contribution in [-0.2, 0) is 9.53 Å². The smallest absolute Gasteiger partial charge is 0.341 e. The number of esters is 1. The van der Waals surface area contributed by atoms with Crippen LogP contribution in [0.15, 0.2) is 78.9 Å². The van der Waals surface area contributed by atoms with E-state index < -0.39 is 22.8 Å². The molecule has 3 aromatic carbocycles. The summed E-state index contributed by atoms with van der Waals surface area (Å²) in [7, 11) is 0. The molecule has 0 saturated carbocycles. The Morgan fingerprint density at radius 1 is 0.938 bits per heavy atom. The minimum Gasteiger partial charge on any atom is -0.445 e. The lowest BCUT2D eigenvalue weighted by molar-refractivity contribution is -0.384. The fourth-order valence-corrected chi connectivity index (χ4v) is 2.98. The Kier molecular flexibility index (Phi) is 7.07. The number of hydrogen-bond acceptors (Lipinski definition) is 6. The predicted molar refractivity (Wildman–Crippen MR) is 117 cm³/mol. The van der Waals surface area contributed by atoms with Crippen LogP contribution in [0.2, 0.25) is 0 Å². The topological polar surface area (TPSA) is 116 Å². The van der Waals surface area contributed by atoms with Crippen LogP contribution in [0.4, 0.5) is 11.4 Å². The van der Waals surface area contributed by atoms with Gasteiger partial charge in [-0.3, -0.25) is 19.7 Å². The van der Waals surface area contributed by atoms with Crippen LogP contribution in [0.5, 0.6) is 0 Å². The van der Waals surface area contributed by atoms with Crippen molar-refractivity contribution in [2.75, 3.05) is 5.32 Å². The number of rotatable bonds is 8. The van der Waals surface area contributed by atoms with Gasteiger partial charge < -0.3 is 10.1 Å². The fourth-order valence-electron chi connectivity index (χ4n) is 2.98. The molecule has 0 saturated heterocycles. The number of carbonyl (C=O) groups is 3. The standard InChI is InChI=1S/C24H20N2O6/c1-2-21(27)25-20-11-7-6-10-19(20)24(29)32-23(22(28)16-8-4-3-5-9-16)17-12-14-18(15-13-17)26(30)31/h3-15,23H,2H2,1H3,(H,25,27)/t23-/m0/s1. The van der Waals surface area contributed by atoms with Gasteiger partial charge in [0.15, 0.2) is 6.10 Å². The van der Waals surface area contributed by atoms with Crippen molar-refractivity contribution in [3.05, 3.63) is 106 Å². The van der Waals surface area contributed by atoms with Crippen molar-refractivity contribution >= 4 is 29.0 Å². The predicted octanol–water partition coefficient (Wildman–Crippen LogP) is 4.72. The molecular weight excluding hydrogens is 412 g/mol. The molecule has 0 aromatic heterocycles. The zero-order valence-corrected chi connectivity index (χ0v) is 17.2. The van der Waals surface area contributed by atoms with Crippen LogP contribution in [0.3, 0.4) is 0 Å². The number of benzene rings is 3. The summed E-state index contributed by atoms with van der Waals surface area (Å²) in [6.07, 6.45) is -1.11. The number of nitrogens with zero attached hydrogens (tertiary/aromatic N) is 1. The second-order valence-electron chi connectivity index (χ2n) is 6.81. The van der Waals surface area contributed by atoms with Gasteiger partial charge in [0.2, 0.25) is 11.7 Å². The van der Waals surface area contributed by atoms with Crippen LogP contribution in [0, 0.1) is 10.1 Å². The number of carbonyl (C=O) groups excluding carboxylic acids is 3. The van der Waals surface area contributed by atoms with E-state index in [0.717, 1.165) is 0 Å². The first-order chi connectivity index (χ1) is 15.4. The Morgan fingerprint density at radius 2 is 1.56 bits per heavy atom. The highest BCUT2D eigenvalue weighted by Gasteiger charge is 2.28. The SMILES string of the molecule is CCC(=O)Nc1ccccc1C(=O)O[C@H](C(=O)c1ccccc1)c1ccc([N+](=O)[O-])cc1. The van der Waals surface area contributed by atoms with Crippen molar-refractivity contribution in [1.29, 1.82) is 0 Å². The minimum absolute atomic E-state index is 0.0853. The molecule has 0 aliphatic carbocycles. The number of Topliss-reactive ketones (excluding diaryl/α,β-unsaturated/α-hetero) is 1. The number of ketones is 1. The summed E-state index contributed by atoms with van der Waals surface area (Å²) in [6.45, 7) is 1.68. The largest absolute Gasteiger partial charge is 0.445 e. The van der Waals surface area contributed by atoms with E-state index in [1.807, 2.05) is 0 Å². The molecule has 8 heteroatoms. The zero-order valence-electron chi connectivity index (χ0n) is 17.2. The second-order valence-corrected chi connectivity index (χ2v) is 6.81. The Balaban J connectivity index is 1.96. The summed E-state index contributed by atoms with van der Waals surface area (Å²) < 4.78 is 5.59. The maximum Gasteiger partial charge on any atom is 0.341 e. The van der Waals surface area contributed by atoms with E-state index in [1.54, 1.807) is 55.5 Å². The molecule has 3 aromatic rings. The van der Waals surface area contributed by atoms with Gasteiger partial charge in [0.1, 0.15) is 0 Å². The first kappa shape index (κ1) is 22.4. The average molecular weight is 432 g/mol. The Labute approximate surface area is 184 Å². The molecule has 0 unspecified atom stereocenters. The summed E-state index contributed by atoms with van der Waals surface area (Å²) in [5.74, 6) is -1.58. The summed E-state index contributed by atoms with van der Waals surface area (Å²) in [6, 6.07) is 19.8. The van der Waals surface area contributed by atoms with Crippen LogP contribution in [0.1, 0.15) is 45.7 Å². The van der Waals surface area contributed by atoms with Crippen LogP contribution < -0.4 is 5.32 Å². The summed E-state index contributed by atoms with van der Waals surface area (Å²) in [4.78, 5) is 48.4. The molecule has 3 rings (SSSR count). The molecule has 0 fully saturated rings. The number of nitrogens with one attached hydrogen (secondary N) is 1. The lowest BCUT2D eigenvalue weighted by Gasteiger charge is -2.18. The number of para-hydroxylation sites is 1. The molecule has 1 atom stereocenters. The summed E-state index contributed by atoms with van der Waals surface area (Å²) in [5.41, 5.74) is 0.795. The zero-order chi connectivity index (χ0) is 23.1. The molecule has 8 nitrogen and oxygen atoms in total. The van der Waals surface area contributed by atoms with Crippen molar-refractivity contribution in [3.63, 3.8) is 0 Å². The van der Waals surface area contributed by atoms with Crippen molar-refractivity contribution in [2.24, 2.45) is 0 Å². The van der Waals surface area contributed by atoms with Gasteiger partial charge in [-0.15, -0.1) is 0 Å². The molecule has 1 N–H and O–H groups in total. The van der Waals surface area contributed by atoms with Gasteiger partial charge in [0, 0.05) is 29.7 Å². The maximum atomic E-state index is 13.2. The van der Waals surface area contributed by atoms with Gasteiger partial charge in [0.05, 0.1) is 16.2 Å². The van der Waals surface area contributed by atoms with Crippen LogP contribution in [-0.4, -0.2) is 22.6 Å². The first-order valence-electron chi connectivity index (χ1n) is 9.84. The quantitative estimate of drug-likeness (QED) is 0.238. The Morgan fingerprint density at radius 3 is 2.19 bits per heavy atom. The van der Waals surface area contributed by atoms with Gasteiger partial charge in [-0.2, -0.15) is 0 Å². The maximum absolute atomic E-state index is 13.2. The minimum atomic E-state index is -1.33. The third-order valence-corrected chi connectivity index (χ3v) is 4.67.